The van der Waals surface area contributed by atoms with Crippen molar-refractivity contribution < 1.29 is 19.2 Å². The van der Waals surface area contributed by atoms with Gasteiger partial charge in [-0.2, -0.15) is 0 Å². The molecule has 0 bridgehead atoms. The minimum Gasteiger partial charge on any atom is -0.497 e. The third kappa shape index (κ3) is 6.75. The molecule has 0 aliphatic carbocycles. The topological polar surface area (TPSA) is 66.3 Å². The predicted molar refractivity (Wildman–Crippen MR) is 106 cm³/mol. The summed E-state index contributed by atoms with van der Waals surface area (Å²) in [6, 6.07) is 8.07. The number of hydrogen-bond donors (Lipinski definition) is 2. The van der Waals surface area contributed by atoms with Crippen LogP contribution in [0.5, 0.6) is 5.75 Å². The van der Waals surface area contributed by atoms with Gasteiger partial charge < -0.3 is 24.8 Å². The number of nitrogens with one attached hydrogen (secondary N) is 2. The van der Waals surface area contributed by atoms with Crippen LogP contribution in [0.3, 0.4) is 0 Å². The Morgan fingerprint density at radius 1 is 1.19 bits per heavy atom. The summed E-state index contributed by atoms with van der Waals surface area (Å²) < 4.78 is 5.20. The third-order valence-corrected chi connectivity index (χ3v) is 4.63. The average Bonchev–Trinajstić information content (AvgIpc) is 2.60. The average molecular weight is 378 g/mol. The molecule has 0 atom stereocenters. The van der Waals surface area contributed by atoms with Crippen molar-refractivity contribution in [1.82, 2.24) is 10.2 Å². The van der Waals surface area contributed by atoms with Crippen LogP contribution in [0.1, 0.15) is 20.8 Å². The van der Waals surface area contributed by atoms with E-state index in [-0.39, 0.29) is 23.9 Å². The van der Waals surface area contributed by atoms with Gasteiger partial charge in [0, 0.05) is 18.3 Å². The van der Waals surface area contributed by atoms with Gasteiger partial charge in [-0.15, -0.1) is 0 Å². The Balaban J connectivity index is 1.77. The summed E-state index contributed by atoms with van der Waals surface area (Å²) in [5.41, 5.74) is 0.890. The lowest BCUT2D eigenvalue weighted by Crippen LogP contribution is -3.15. The molecule has 7 nitrogen and oxygen atoms in total. The first-order valence-electron chi connectivity index (χ1n) is 9.45. The largest absolute Gasteiger partial charge is 0.497 e. The van der Waals surface area contributed by atoms with Crippen molar-refractivity contribution >= 4 is 17.5 Å². The molecule has 0 aromatic heterocycles. The number of benzene rings is 1. The number of anilines is 1. The maximum atomic E-state index is 12.4. The molecule has 1 fully saturated rings. The molecule has 0 unspecified atom stereocenters. The fraction of sp³-hybridized carbons (Fsp3) is 0.600. The van der Waals surface area contributed by atoms with Gasteiger partial charge in [-0.3, -0.25) is 9.59 Å². The van der Waals surface area contributed by atoms with E-state index >= 15 is 0 Å². The highest BCUT2D eigenvalue weighted by Gasteiger charge is 2.25. The van der Waals surface area contributed by atoms with Gasteiger partial charge in [0.1, 0.15) is 5.75 Å². The van der Waals surface area contributed by atoms with E-state index in [1.54, 1.807) is 14.2 Å². The van der Waals surface area contributed by atoms with Gasteiger partial charge in [0.15, 0.2) is 6.54 Å². The highest BCUT2D eigenvalue weighted by molar-refractivity contribution is 5.85. The van der Waals surface area contributed by atoms with Crippen molar-refractivity contribution in [2.75, 3.05) is 58.3 Å². The fourth-order valence-electron chi connectivity index (χ4n) is 3.16. The molecule has 0 saturated carbocycles. The first-order valence-corrected chi connectivity index (χ1v) is 9.45. The van der Waals surface area contributed by atoms with E-state index in [0.717, 1.165) is 31.9 Å². The quantitative estimate of drug-likeness (QED) is 0.719. The van der Waals surface area contributed by atoms with Gasteiger partial charge in [0.25, 0.3) is 5.91 Å². The van der Waals surface area contributed by atoms with Crippen LogP contribution < -0.4 is 19.9 Å². The van der Waals surface area contributed by atoms with Crippen LogP contribution in [-0.2, 0) is 9.59 Å². The lowest BCUT2D eigenvalue weighted by Gasteiger charge is -2.34. The molecule has 1 heterocycles. The summed E-state index contributed by atoms with van der Waals surface area (Å²) in [6.45, 7) is 9.93. The van der Waals surface area contributed by atoms with E-state index in [1.165, 1.54) is 15.5 Å². The lowest BCUT2D eigenvalue weighted by atomic mass is 10.1. The van der Waals surface area contributed by atoms with Gasteiger partial charge >= 0.3 is 0 Å². The van der Waals surface area contributed by atoms with Crippen LogP contribution >= 0.6 is 0 Å². The number of quaternary nitrogens is 1. The maximum absolute atomic E-state index is 12.4. The number of methoxy groups -OCH3 is 1. The summed E-state index contributed by atoms with van der Waals surface area (Å²) in [4.78, 5) is 29.5. The van der Waals surface area contributed by atoms with E-state index in [2.05, 4.69) is 22.3 Å². The van der Waals surface area contributed by atoms with Gasteiger partial charge in [-0.1, -0.05) is 0 Å². The van der Waals surface area contributed by atoms with Crippen LogP contribution in [0.25, 0.3) is 0 Å². The first kappa shape index (κ1) is 21.0. The van der Waals surface area contributed by atoms with Gasteiger partial charge in [-0.05, 0) is 45.0 Å². The molecule has 1 aromatic rings. The summed E-state index contributed by atoms with van der Waals surface area (Å²) in [5, 5.41) is 2.89. The molecule has 1 aliphatic rings. The van der Waals surface area contributed by atoms with Gasteiger partial charge in [0.05, 0.1) is 39.8 Å². The van der Waals surface area contributed by atoms with Crippen molar-refractivity contribution in [2.45, 2.75) is 26.3 Å². The number of hydrogen-bond acceptors (Lipinski definition) is 4. The Labute approximate surface area is 162 Å². The minimum atomic E-state index is -0.288. The van der Waals surface area contributed by atoms with Crippen molar-refractivity contribution in [3.8, 4) is 5.75 Å². The number of likely N-dealkylation sites (N-methyl/N-ethyl adjacent to an activating group) is 1. The Morgan fingerprint density at radius 3 is 2.30 bits per heavy atom. The molecule has 0 radical (unpaired) electrons. The maximum Gasteiger partial charge on any atom is 0.277 e. The van der Waals surface area contributed by atoms with Gasteiger partial charge in [0.2, 0.25) is 5.91 Å². The molecule has 2 rings (SSSR count). The van der Waals surface area contributed by atoms with Crippen molar-refractivity contribution in [3.05, 3.63) is 24.3 Å². The second kappa shape index (κ2) is 9.08. The first-order chi connectivity index (χ1) is 12.7. The van der Waals surface area contributed by atoms with Crippen LogP contribution in [0.15, 0.2) is 24.3 Å². The summed E-state index contributed by atoms with van der Waals surface area (Å²) in [5.74, 6) is 0.733. The van der Waals surface area contributed by atoms with E-state index in [9.17, 15) is 9.59 Å². The zero-order valence-corrected chi connectivity index (χ0v) is 17.2. The predicted octanol–water partition coefficient (Wildman–Crippen LogP) is -0.227. The Morgan fingerprint density at radius 2 is 1.78 bits per heavy atom. The van der Waals surface area contributed by atoms with Crippen LogP contribution in [0.4, 0.5) is 5.69 Å². The summed E-state index contributed by atoms with van der Waals surface area (Å²) in [6.07, 6.45) is 0. The van der Waals surface area contributed by atoms with E-state index in [1.807, 2.05) is 32.9 Å². The minimum absolute atomic E-state index is 0.00644. The fourth-order valence-corrected chi connectivity index (χ4v) is 3.16. The number of piperazine rings is 1. The summed E-state index contributed by atoms with van der Waals surface area (Å²) >= 11 is 0. The number of carbonyl (C=O) groups excluding carboxylic acids is 2. The molecule has 7 heteroatoms. The highest BCUT2D eigenvalue weighted by atomic mass is 16.5. The smallest absolute Gasteiger partial charge is 0.277 e. The molecule has 1 aromatic carbocycles. The van der Waals surface area contributed by atoms with Crippen molar-refractivity contribution in [3.63, 3.8) is 0 Å². The molecule has 27 heavy (non-hydrogen) atoms. The normalized spacial score (nSPS) is 15.4. The molecule has 2 amide bonds. The Kier molecular flexibility index (Phi) is 7.07. The third-order valence-electron chi connectivity index (χ3n) is 4.63. The molecule has 1 saturated heterocycles. The molecule has 1 aliphatic heterocycles. The van der Waals surface area contributed by atoms with Gasteiger partial charge in [-0.25, -0.2) is 0 Å². The van der Waals surface area contributed by atoms with E-state index in [4.69, 9.17) is 4.74 Å². The number of rotatable bonds is 6. The number of carbonyl (C=O) groups is 2. The SMILES string of the molecule is COc1ccc(N2CC[NH+](CC(=O)N(C)CC(=O)NC(C)(C)C)CC2)cc1. The van der Waals surface area contributed by atoms with Crippen molar-refractivity contribution in [2.24, 2.45) is 0 Å². The number of nitrogens with zero attached hydrogens (tertiary/aromatic N) is 2. The van der Waals surface area contributed by atoms with Crippen LogP contribution in [0, 0.1) is 0 Å². The number of amides is 2. The Hall–Kier alpha value is -2.28. The standard InChI is InChI=1S/C20H32N4O3/c1-20(2,3)21-18(25)14-22(4)19(26)15-23-10-12-24(13-11-23)16-6-8-17(27-5)9-7-16/h6-9H,10-15H2,1-5H3,(H,21,25)/p+1. The molecule has 0 spiro atoms. The van der Waals surface area contributed by atoms with Crippen LogP contribution in [0.2, 0.25) is 0 Å². The Bertz CT molecular complexity index is 632. The highest BCUT2D eigenvalue weighted by Crippen LogP contribution is 2.18. The molecular weight excluding hydrogens is 344 g/mol. The zero-order chi connectivity index (χ0) is 20.0. The molecule has 150 valence electrons. The van der Waals surface area contributed by atoms with E-state index < -0.39 is 0 Å². The van der Waals surface area contributed by atoms with E-state index in [0.29, 0.717) is 6.54 Å². The van der Waals surface area contributed by atoms with Crippen molar-refractivity contribution in [1.29, 1.82) is 0 Å². The molecule has 2 N–H and O–H groups in total. The lowest BCUT2D eigenvalue weighted by molar-refractivity contribution is -0.892. The second-order valence-corrected chi connectivity index (χ2v) is 8.16. The second-order valence-electron chi connectivity index (χ2n) is 8.16. The molecular formula is C20H33N4O3+. The van der Waals surface area contributed by atoms with Crippen LogP contribution in [-0.4, -0.2) is 75.7 Å². The number of ether oxygens (including phenoxy) is 1. The monoisotopic (exact) mass is 377 g/mol. The summed E-state index contributed by atoms with van der Waals surface area (Å²) in [7, 11) is 3.36. The zero-order valence-electron chi connectivity index (χ0n) is 17.2.